The Balaban J connectivity index is 3.31. The van der Waals surface area contributed by atoms with Crippen LogP contribution in [-0.4, -0.2) is 36.0 Å². The Labute approximate surface area is 111 Å². The van der Waals surface area contributed by atoms with Gasteiger partial charge in [0.25, 0.3) is 0 Å². The summed E-state index contributed by atoms with van der Waals surface area (Å²) in [5, 5.41) is 6.21. The summed E-state index contributed by atoms with van der Waals surface area (Å²) in [6.07, 6.45) is 0.576. The van der Waals surface area contributed by atoms with E-state index >= 15 is 0 Å². The van der Waals surface area contributed by atoms with Crippen LogP contribution in [0.25, 0.3) is 0 Å². The molecule has 0 aliphatic heterocycles. The molecule has 0 radical (unpaired) electrons. The normalized spacial score (nSPS) is 11.9. The average Bonchev–Trinajstić information content (AvgIpc) is 2.18. The second-order valence-corrected chi connectivity index (χ2v) is 7.58. The molecule has 2 N–H and O–H groups in total. The first-order valence-electron chi connectivity index (χ1n) is 6.42. The summed E-state index contributed by atoms with van der Waals surface area (Å²) in [4.78, 5) is 11.4. The van der Waals surface area contributed by atoms with Gasteiger partial charge in [-0.25, -0.2) is 0 Å². The quantitative estimate of drug-likeness (QED) is 0.658. The molecule has 0 atom stereocenters. The summed E-state index contributed by atoms with van der Waals surface area (Å²) >= 11 is 1.94. The molecule has 0 saturated carbocycles. The SMILES string of the molecule is CC(C)CNC(=O)CCNCCSC(C)(C)C. The Morgan fingerprint density at radius 3 is 2.41 bits per heavy atom. The van der Waals surface area contributed by atoms with Crippen LogP contribution in [0.5, 0.6) is 0 Å². The zero-order valence-electron chi connectivity index (χ0n) is 11.9. The first-order chi connectivity index (χ1) is 7.81. The summed E-state index contributed by atoms with van der Waals surface area (Å²) in [6, 6.07) is 0. The standard InChI is InChI=1S/C13H28N2OS/c1-11(2)10-15-12(16)6-7-14-8-9-17-13(3,4)5/h11,14H,6-10H2,1-5H3,(H,15,16). The van der Waals surface area contributed by atoms with Crippen molar-refractivity contribution in [2.45, 2.75) is 45.8 Å². The number of carbonyl (C=O) groups is 1. The fourth-order valence-corrected chi connectivity index (χ4v) is 2.02. The van der Waals surface area contributed by atoms with Gasteiger partial charge in [-0.05, 0) is 5.92 Å². The van der Waals surface area contributed by atoms with Gasteiger partial charge in [-0.1, -0.05) is 34.6 Å². The van der Waals surface area contributed by atoms with Gasteiger partial charge in [0.2, 0.25) is 5.91 Å². The van der Waals surface area contributed by atoms with Gasteiger partial charge in [0.15, 0.2) is 0 Å². The predicted octanol–water partition coefficient (Wildman–Crippen LogP) is 2.27. The molecule has 0 spiro atoms. The molecule has 3 nitrogen and oxygen atoms in total. The number of hydrogen-bond donors (Lipinski definition) is 2. The van der Waals surface area contributed by atoms with E-state index in [1.807, 2.05) is 11.8 Å². The van der Waals surface area contributed by atoms with Crippen molar-refractivity contribution in [3.8, 4) is 0 Å². The van der Waals surface area contributed by atoms with Crippen molar-refractivity contribution in [1.29, 1.82) is 0 Å². The van der Waals surface area contributed by atoms with Crippen LogP contribution in [0.3, 0.4) is 0 Å². The largest absolute Gasteiger partial charge is 0.356 e. The molecule has 0 aromatic carbocycles. The predicted molar refractivity (Wildman–Crippen MR) is 77.5 cm³/mol. The lowest BCUT2D eigenvalue weighted by molar-refractivity contribution is -0.121. The van der Waals surface area contributed by atoms with Crippen LogP contribution in [0.1, 0.15) is 41.0 Å². The molecular formula is C13H28N2OS. The van der Waals surface area contributed by atoms with Gasteiger partial charge in [-0.3, -0.25) is 4.79 Å². The number of hydrogen-bond acceptors (Lipinski definition) is 3. The van der Waals surface area contributed by atoms with Gasteiger partial charge in [-0.15, -0.1) is 0 Å². The van der Waals surface area contributed by atoms with Crippen molar-refractivity contribution >= 4 is 17.7 Å². The topological polar surface area (TPSA) is 41.1 Å². The number of amides is 1. The number of rotatable bonds is 8. The first-order valence-corrected chi connectivity index (χ1v) is 7.41. The van der Waals surface area contributed by atoms with Crippen molar-refractivity contribution in [2.24, 2.45) is 5.92 Å². The summed E-state index contributed by atoms with van der Waals surface area (Å²) in [6.45, 7) is 13.4. The summed E-state index contributed by atoms with van der Waals surface area (Å²) in [5.74, 6) is 1.77. The van der Waals surface area contributed by atoms with Crippen molar-refractivity contribution in [2.75, 3.05) is 25.4 Å². The summed E-state index contributed by atoms with van der Waals surface area (Å²) in [5.41, 5.74) is 0. The third-order valence-corrected chi connectivity index (χ3v) is 3.32. The first kappa shape index (κ1) is 16.8. The minimum absolute atomic E-state index is 0.148. The highest BCUT2D eigenvalue weighted by atomic mass is 32.2. The monoisotopic (exact) mass is 260 g/mol. The molecule has 0 rings (SSSR count). The van der Waals surface area contributed by atoms with Crippen LogP contribution >= 0.6 is 11.8 Å². The number of carbonyl (C=O) groups excluding carboxylic acids is 1. The second-order valence-electron chi connectivity index (χ2n) is 5.66. The molecule has 17 heavy (non-hydrogen) atoms. The summed E-state index contributed by atoms with van der Waals surface area (Å²) < 4.78 is 0.330. The molecule has 0 aliphatic rings. The maximum absolute atomic E-state index is 11.4. The number of nitrogens with one attached hydrogen (secondary N) is 2. The fourth-order valence-electron chi connectivity index (χ4n) is 1.16. The molecule has 0 aliphatic carbocycles. The maximum Gasteiger partial charge on any atom is 0.221 e. The minimum atomic E-state index is 0.148. The van der Waals surface area contributed by atoms with Crippen molar-refractivity contribution in [1.82, 2.24) is 10.6 Å². The molecule has 0 saturated heterocycles. The van der Waals surface area contributed by atoms with E-state index in [0.717, 1.165) is 25.4 Å². The van der Waals surface area contributed by atoms with E-state index < -0.39 is 0 Å². The Hall–Kier alpha value is -0.220. The lowest BCUT2D eigenvalue weighted by atomic mass is 10.2. The molecule has 1 amide bonds. The minimum Gasteiger partial charge on any atom is -0.356 e. The average molecular weight is 260 g/mol. The van der Waals surface area contributed by atoms with Crippen molar-refractivity contribution < 1.29 is 4.79 Å². The van der Waals surface area contributed by atoms with Crippen LogP contribution in [0.2, 0.25) is 0 Å². The molecular weight excluding hydrogens is 232 g/mol. The van der Waals surface area contributed by atoms with E-state index in [0.29, 0.717) is 17.1 Å². The van der Waals surface area contributed by atoms with E-state index in [1.165, 1.54) is 0 Å². The Morgan fingerprint density at radius 2 is 1.88 bits per heavy atom. The maximum atomic E-state index is 11.4. The Kier molecular flexibility index (Phi) is 8.70. The van der Waals surface area contributed by atoms with E-state index in [4.69, 9.17) is 0 Å². The lowest BCUT2D eigenvalue weighted by Crippen LogP contribution is -2.31. The van der Waals surface area contributed by atoms with E-state index in [-0.39, 0.29) is 5.91 Å². The van der Waals surface area contributed by atoms with Crippen molar-refractivity contribution in [3.63, 3.8) is 0 Å². The lowest BCUT2D eigenvalue weighted by Gasteiger charge is -2.17. The third kappa shape index (κ3) is 13.7. The van der Waals surface area contributed by atoms with Crippen LogP contribution in [0, 0.1) is 5.92 Å². The van der Waals surface area contributed by atoms with Crippen molar-refractivity contribution in [3.05, 3.63) is 0 Å². The van der Waals surface area contributed by atoms with Gasteiger partial charge in [0.1, 0.15) is 0 Å². The van der Waals surface area contributed by atoms with E-state index in [1.54, 1.807) is 0 Å². The highest BCUT2D eigenvalue weighted by Gasteiger charge is 2.09. The zero-order valence-corrected chi connectivity index (χ0v) is 12.7. The smallest absolute Gasteiger partial charge is 0.221 e. The number of thioether (sulfide) groups is 1. The second kappa shape index (κ2) is 8.81. The summed E-state index contributed by atoms with van der Waals surface area (Å²) in [7, 11) is 0. The van der Waals surface area contributed by atoms with Gasteiger partial charge in [0, 0.05) is 36.6 Å². The molecule has 0 aromatic rings. The van der Waals surface area contributed by atoms with Crippen LogP contribution in [-0.2, 0) is 4.79 Å². The van der Waals surface area contributed by atoms with E-state index in [2.05, 4.69) is 45.3 Å². The van der Waals surface area contributed by atoms with Crippen LogP contribution in [0.4, 0.5) is 0 Å². The Morgan fingerprint density at radius 1 is 1.24 bits per heavy atom. The zero-order chi connectivity index (χ0) is 13.3. The van der Waals surface area contributed by atoms with Crippen LogP contribution < -0.4 is 10.6 Å². The molecule has 0 aromatic heterocycles. The molecule has 0 unspecified atom stereocenters. The van der Waals surface area contributed by atoms with Gasteiger partial charge >= 0.3 is 0 Å². The van der Waals surface area contributed by atoms with Gasteiger partial charge < -0.3 is 10.6 Å². The molecule has 0 fully saturated rings. The molecule has 0 bridgehead atoms. The highest BCUT2D eigenvalue weighted by Crippen LogP contribution is 2.21. The molecule has 4 heteroatoms. The van der Waals surface area contributed by atoms with Gasteiger partial charge in [-0.2, -0.15) is 11.8 Å². The molecule has 0 heterocycles. The van der Waals surface area contributed by atoms with Gasteiger partial charge in [0.05, 0.1) is 0 Å². The highest BCUT2D eigenvalue weighted by molar-refractivity contribution is 8.00. The van der Waals surface area contributed by atoms with Crippen LogP contribution in [0.15, 0.2) is 0 Å². The van der Waals surface area contributed by atoms with E-state index in [9.17, 15) is 4.79 Å². The molecule has 102 valence electrons. The fraction of sp³-hybridized carbons (Fsp3) is 0.923. The third-order valence-electron chi connectivity index (χ3n) is 2.05. The Bertz CT molecular complexity index is 212.